The van der Waals surface area contributed by atoms with E-state index in [4.69, 9.17) is 17.3 Å². The third-order valence-electron chi connectivity index (χ3n) is 5.39. The lowest BCUT2D eigenvalue weighted by atomic mass is 9.70. The van der Waals surface area contributed by atoms with Crippen LogP contribution in [-0.2, 0) is 6.54 Å². The van der Waals surface area contributed by atoms with Crippen LogP contribution in [0.2, 0.25) is 5.15 Å². The van der Waals surface area contributed by atoms with Crippen molar-refractivity contribution >= 4 is 66.1 Å². The Hall–Kier alpha value is -0.660. The van der Waals surface area contributed by atoms with Gasteiger partial charge in [0, 0.05) is 34.3 Å². The lowest BCUT2D eigenvalue weighted by Crippen LogP contribution is -2.37. The first kappa shape index (κ1) is 19.6. The molecule has 0 spiro atoms. The maximum atomic E-state index is 6.54. The van der Waals surface area contributed by atoms with E-state index >= 15 is 0 Å². The number of nitrogens with zero attached hydrogens (tertiary/aromatic N) is 1. The normalized spacial score (nSPS) is 22.3. The summed E-state index contributed by atoms with van der Waals surface area (Å²) in [6.07, 6.45) is 3.35. The van der Waals surface area contributed by atoms with Gasteiger partial charge in [0.15, 0.2) is 0 Å². The molecule has 0 amide bonds. The van der Waals surface area contributed by atoms with Gasteiger partial charge in [-0.3, -0.25) is 0 Å². The van der Waals surface area contributed by atoms with E-state index < -0.39 is 0 Å². The summed E-state index contributed by atoms with van der Waals surface area (Å²) >= 11 is 13.7. The van der Waals surface area contributed by atoms with E-state index in [9.17, 15) is 0 Å². The molecule has 0 bridgehead atoms. The summed E-state index contributed by atoms with van der Waals surface area (Å²) in [5, 5.41) is 6.15. The SMILES string of the molecule is CC1(C)CC[C@H](N)[C@@H](c2sc3c(NCc4cccs4)cc(Cl)nc3c2Br)C1. The fourth-order valence-electron chi connectivity index (χ4n) is 3.89. The summed E-state index contributed by atoms with van der Waals surface area (Å²) < 4.78 is 2.20. The molecule has 0 unspecified atom stereocenters. The molecule has 4 rings (SSSR count). The molecule has 0 saturated heterocycles. The van der Waals surface area contributed by atoms with E-state index in [1.807, 2.05) is 6.07 Å². The van der Waals surface area contributed by atoms with E-state index in [1.165, 1.54) is 16.2 Å². The second-order valence-electron chi connectivity index (χ2n) is 8.06. The zero-order chi connectivity index (χ0) is 19.2. The second kappa shape index (κ2) is 7.64. The lowest BCUT2D eigenvalue weighted by Gasteiger charge is -2.39. The molecule has 3 nitrogen and oxygen atoms in total. The van der Waals surface area contributed by atoms with Crippen LogP contribution in [0.3, 0.4) is 0 Å². The second-order valence-corrected chi connectivity index (χ2v) is 11.3. The molecule has 1 aliphatic rings. The lowest BCUT2D eigenvalue weighted by molar-refractivity contribution is 0.200. The van der Waals surface area contributed by atoms with Gasteiger partial charge in [-0.1, -0.05) is 31.5 Å². The molecule has 0 aliphatic heterocycles. The molecular weight excluding hydrogens is 462 g/mol. The summed E-state index contributed by atoms with van der Waals surface area (Å²) in [5.74, 6) is 0.353. The van der Waals surface area contributed by atoms with Crippen molar-refractivity contribution in [2.75, 3.05) is 5.32 Å². The highest BCUT2D eigenvalue weighted by Gasteiger charge is 2.36. The molecule has 3 aromatic rings. The van der Waals surface area contributed by atoms with Crippen molar-refractivity contribution < 1.29 is 0 Å². The zero-order valence-corrected chi connectivity index (χ0v) is 19.4. The molecule has 1 aliphatic carbocycles. The third-order valence-corrected chi connectivity index (χ3v) is 8.87. The number of halogens is 2. The Kier molecular flexibility index (Phi) is 5.56. The first-order chi connectivity index (χ1) is 12.8. The van der Waals surface area contributed by atoms with Crippen molar-refractivity contribution in [1.82, 2.24) is 4.98 Å². The van der Waals surface area contributed by atoms with Crippen LogP contribution in [0.4, 0.5) is 5.69 Å². The van der Waals surface area contributed by atoms with Crippen molar-refractivity contribution in [2.24, 2.45) is 11.1 Å². The maximum Gasteiger partial charge on any atom is 0.131 e. The predicted octanol–water partition coefficient (Wildman–Crippen LogP) is 7.01. The number of fused-ring (bicyclic) bond motifs is 1. The summed E-state index contributed by atoms with van der Waals surface area (Å²) in [6, 6.07) is 6.33. The Bertz CT molecular complexity index is 952. The summed E-state index contributed by atoms with van der Waals surface area (Å²) in [7, 11) is 0. The van der Waals surface area contributed by atoms with Crippen LogP contribution in [0.15, 0.2) is 28.1 Å². The van der Waals surface area contributed by atoms with Crippen LogP contribution >= 0.6 is 50.2 Å². The maximum absolute atomic E-state index is 6.54. The van der Waals surface area contributed by atoms with Gasteiger partial charge in [0.1, 0.15) is 5.15 Å². The first-order valence-electron chi connectivity index (χ1n) is 9.14. The molecule has 27 heavy (non-hydrogen) atoms. The molecule has 3 N–H and O–H groups in total. The third kappa shape index (κ3) is 4.06. The van der Waals surface area contributed by atoms with E-state index in [1.54, 1.807) is 22.7 Å². The summed E-state index contributed by atoms with van der Waals surface area (Å²) in [5.41, 5.74) is 8.84. The van der Waals surface area contributed by atoms with Gasteiger partial charge in [0.2, 0.25) is 0 Å². The van der Waals surface area contributed by atoms with Gasteiger partial charge in [0.05, 0.1) is 20.4 Å². The molecule has 2 atom stereocenters. The topological polar surface area (TPSA) is 50.9 Å². The number of thiophene rings is 2. The quantitative estimate of drug-likeness (QED) is 0.392. The molecule has 0 radical (unpaired) electrons. The standard InChI is InChI=1S/C20H23BrClN3S2/c1-20(2)6-5-13(23)12(9-20)18-16(21)17-19(27-18)14(8-15(22)25-17)24-10-11-4-3-7-26-11/h3-4,7-8,12-13H,5-6,9-10,23H2,1-2H3,(H,24,25)/t12-,13-/m0/s1. The number of nitrogens with one attached hydrogen (secondary N) is 1. The minimum atomic E-state index is 0.195. The molecule has 3 heterocycles. The smallest absolute Gasteiger partial charge is 0.131 e. The molecular formula is C20H23BrClN3S2. The molecule has 1 saturated carbocycles. The Morgan fingerprint density at radius 3 is 3.00 bits per heavy atom. The number of anilines is 1. The average Bonchev–Trinajstić information content (AvgIpc) is 3.24. The van der Waals surface area contributed by atoms with Gasteiger partial charge in [0.25, 0.3) is 0 Å². The number of pyridine rings is 1. The van der Waals surface area contributed by atoms with E-state index in [0.29, 0.717) is 16.5 Å². The van der Waals surface area contributed by atoms with Crippen molar-refractivity contribution in [1.29, 1.82) is 0 Å². The first-order valence-corrected chi connectivity index (χ1v) is 12.0. The molecule has 3 aromatic heterocycles. The van der Waals surface area contributed by atoms with Crippen LogP contribution in [-0.4, -0.2) is 11.0 Å². The number of hydrogen-bond acceptors (Lipinski definition) is 5. The van der Waals surface area contributed by atoms with Crippen LogP contribution in [0.1, 0.15) is 48.8 Å². The Labute approximate surface area is 181 Å². The number of rotatable bonds is 4. The van der Waals surface area contributed by atoms with Crippen molar-refractivity contribution in [3.8, 4) is 0 Å². The molecule has 144 valence electrons. The van der Waals surface area contributed by atoms with Crippen molar-refractivity contribution in [3.63, 3.8) is 0 Å². The van der Waals surface area contributed by atoms with Gasteiger partial charge in [-0.05, 0) is 52.1 Å². The van der Waals surface area contributed by atoms with E-state index in [-0.39, 0.29) is 6.04 Å². The Morgan fingerprint density at radius 1 is 1.44 bits per heavy atom. The molecule has 0 aromatic carbocycles. The van der Waals surface area contributed by atoms with Gasteiger partial charge in [-0.2, -0.15) is 0 Å². The van der Waals surface area contributed by atoms with E-state index in [0.717, 1.165) is 39.8 Å². The average molecular weight is 485 g/mol. The van der Waals surface area contributed by atoms with Crippen LogP contribution in [0.25, 0.3) is 10.2 Å². The number of hydrogen-bond donors (Lipinski definition) is 2. The monoisotopic (exact) mass is 483 g/mol. The summed E-state index contributed by atoms with van der Waals surface area (Å²) in [6.45, 7) is 5.47. The Morgan fingerprint density at radius 2 is 2.26 bits per heavy atom. The summed E-state index contributed by atoms with van der Waals surface area (Å²) in [4.78, 5) is 7.21. The highest BCUT2D eigenvalue weighted by molar-refractivity contribution is 9.10. The van der Waals surface area contributed by atoms with Gasteiger partial charge < -0.3 is 11.1 Å². The van der Waals surface area contributed by atoms with E-state index in [2.05, 4.69) is 57.6 Å². The van der Waals surface area contributed by atoms with Gasteiger partial charge >= 0.3 is 0 Å². The number of aromatic nitrogens is 1. The molecule has 1 fully saturated rings. The van der Waals surface area contributed by atoms with Crippen molar-refractivity contribution in [3.05, 3.63) is 43.0 Å². The van der Waals surface area contributed by atoms with Gasteiger partial charge in [-0.15, -0.1) is 22.7 Å². The van der Waals surface area contributed by atoms with Gasteiger partial charge in [-0.25, -0.2) is 4.98 Å². The highest BCUT2D eigenvalue weighted by Crippen LogP contribution is 2.50. The minimum absolute atomic E-state index is 0.195. The highest BCUT2D eigenvalue weighted by atomic mass is 79.9. The minimum Gasteiger partial charge on any atom is -0.379 e. The van der Waals surface area contributed by atoms with Crippen molar-refractivity contribution in [2.45, 2.75) is 51.6 Å². The van der Waals surface area contributed by atoms with Crippen LogP contribution in [0.5, 0.6) is 0 Å². The predicted molar refractivity (Wildman–Crippen MR) is 122 cm³/mol. The largest absolute Gasteiger partial charge is 0.379 e. The Balaban J connectivity index is 1.73. The van der Waals surface area contributed by atoms with Crippen LogP contribution in [0, 0.1) is 5.41 Å². The molecule has 7 heteroatoms. The fraction of sp³-hybridized carbons (Fsp3) is 0.450. The zero-order valence-electron chi connectivity index (χ0n) is 15.4. The number of nitrogens with two attached hydrogens (primary N) is 1. The van der Waals surface area contributed by atoms with Crippen LogP contribution < -0.4 is 11.1 Å². The fourth-order valence-corrected chi connectivity index (χ4v) is 6.98.